The van der Waals surface area contributed by atoms with E-state index in [1.165, 1.54) is 12.0 Å². The van der Waals surface area contributed by atoms with Gasteiger partial charge in [0.15, 0.2) is 0 Å². The molecule has 0 bridgehead atoms. The minimum absolute atomic E-state index is 0.179. The van der Waals surface area contributed by atoms with E-state index in [9.17, 15) is 9.59 Å². The van der Waals surface area contributed by atoms with Gasteiger partial charge in [-0.05, 0) is 7.05 Å². The number of carbonyl (C=O) groups is 2. The number of ether oxygens (including phenoxy) is 1. The first kappa shape index (κ1) is 10.8. The Morgan fingerprint density at radius 3 is 2.57 bits per heavy atom. The first-order valence-corrected chi connectivity index (χ1v) is 4.32. The van der Waals surface area contributed by atoms with Gasteiger partial charge in [-0.15, -0.1) is 0 Å². The van der Waals surface area contributed by atoms with E-state index in [1.807, 2.05) is 0 Å². The van der Waals surface area contributed by atoms with Gasteiger partial charge in [-0.3, -0.25) is 9.69 Å². The summed E-state index contributed by atoms with van der Waals surface area (Å²) in [5.74, 6) is -0.916. The summed E-state index contributed by atoms with van der Waals surface area (Å²) in [5, 5.41) is 8.86. The quantitative estimate of drug-likeness (QED) is 0.618. The van der Waals surface area contributed by atoms with Crippen molar-refractivity contribution >= 4 is 12.1 Å². The molecule has 1 rings (SSSR count). The maximum Gasteiger partial charge on any atom is 0.409 e. The number of carboxylic acids is 1. The van der Waals surface area contributed by atoms with Gasteiger partial charge in [0, 0.05) is 13.1 Å². The third-order valence-corrected chi connectivity index (χ3v) is 2.37. The first-order chi connectivity index (χ1) is 6.56. The Kier molecular flexibility index (Phi) is 3.29. The van der Waals surface area contributed by atoms with Gasteiger partial charge in [-0.2, -0.15) is 0 Å². The number of aliphatic carboxylic acids is 1. The van der Waals surface area contributed by atoms with Crippen LogP contribution < -0.4 is 0 Å². The molecule has 1 aliphatic rings. The molecule has 0 aliphatic carbocycles. The second-order valence-electron chi connectivity index (χ2n) is 3.25. The lowest BCUT2D eigenvalue weighted by atomic mass is 10.2. The molecule has 6 heteroatoms. The molecule has 1 N–H and O–H groups in total. The Morgan fingerprint density at radius 2 is 2.07 bits per heavy atom. The van der Waals surface area contributed by atoms with Crippen LogP contribution in [0.15, 0.2) is 0 Å². The van der Waals surface area contributed by atoms with Gasteiger partial charge in [0.05, 0.1) is 13.7 Å². The lowest BCUT2D eigenvalue weighted by molar-refractivity contribution is -0.144. The number of likely N-dealkylation sites (N-methyl/N-ethyl adjacent to an activating group) is 1. The van der Waals surface area contributed by atoms with Gasteiger partial charge in [0.25, 0.3) is 0 Å². The minimum Gasteiger partial charge on any atom is -0.480 e. The van der Waals surface area contributed by atoms with Crippen LogP contribution in [-0.4, -0.2) is 66.8 Å². The smallest absolute Gasteiger partial charge is 0.409 e. The molecule has 0 spiro atoms. The van der Waals surface area contributed by atoms with Crippen molar-refractivity contribution in [2.45, 2.75) is 6.04 Å². The standard InChI is InChI=1S/C8H14N2O4/c1-9-3-4-10(8(13)14-2)5-6(9)7(11)12/h6H,3-5H2,1-2H3,(H,11,12). The van der Waals surface area contributed by atoms with Crippen LogP contribution >= 0.6 is 0 Å². The van der Waals surface area contributed by atoms with Gasteiger partial charge in [-0.1, -0.05) is 0 Å². The van der Waals surface area contributed by atoms with Gasteiger partial charge in [-0.25, -0.2) is 4.79 Å². The minimum atomic E-state index is -0.916. The Hall–Kier alpha value is -1.30. The van der Waals surface area contributed by atoms with Crippen molar-refractivity contribution in [3.05, 3.63) is 0 Å². The highest BCUT2D eigenvalue weighted by Gasteiger charge is 2.32. The molecule has 1 atom stereocenters. The number of hydrogen-bond acceptors (Lipinski definition) is 4. The van der Waals surface area contributed by atoms with Crippen molar-refractivity contribution in [2.24, 2.45) is 0 Å². The molecule has 14 heavy (non-hydrogen) atoms. The number of piperazine rings is 1. The molecule has 1 aliphatic heterocycles. The Morgan fingerprint density at radius 1 is 1.43 bits per heavy atom. The molecule has 6 nitrogen and oxygen atoms in total. The van der Waals surface area contributed by atoms with Gasteiger partial charge in [0.1, 0.15) is 6.04 Å². The van der Waals surface area contributed by atoms with Crippen molar-refractivity contribution in [2.75, 3.05) is 33.8 Å². The van der Waals surface area contributed by atoms with E-state index in [0.29, 0.717) is 13.1 Å². The fraction of sp³-hybridized carbons (Fsp3) is 0.750. The van der Waals surface area contributed by atoms with E-state index in [1.54, 1.807) is 11.9 Å². The van der Waals surface area contributed by atoms with E-state index >= 15 is 0 Å². The number of nitrogens with zero attached hydrogens (tertiary/aromatic N) is 2. The number of carboxylic acid groups (broad SMARTS) is 1. The maximum atomic E-state index is 11.1. The van der Waals surface area contributed by atoms with Crippen LogP contribution in [-0.2, 0) is 9.53 Å². The number of amides is 1. The van der Waals surface area contributed by atoms with E-state index < -0.39 is 18.1 Å². The predicted octanol–water partition coefficient (Wildman–Crippen LogP) is -0.547. The highest BCUT2D eigenvalue weighted by atomic mass is 16.5. The van der Waals surface area contributed by atoms with Crippen LogP contribution in [0.25, 0.3) is 0 Å². The first-order valence-electron chi connectivity index (χ1n) is 4.32. The molecular weight excluding hydrogens is 188 g/mol. The molecule has 80 valence electrons. The summed E-state index contributed by atoms with van der Waals surface area (Å²) < 4.78 is 4.53. The van der Waals surface area contributed by atoms with Gasteiger partial charge >= 0.3 is 12.1 Å². The van der Waals surface area contributed by atoms with E-state index in [4.69, 9.17) is 5.11 Å². The molecule has 0 aromatic carbocycles. The predicted molar refractivity (Wildman–Crippen MR) is 48.0 cm³/mol. The average molecular weight is 202 g/mol. The highest BCUT2D eigenvalue weighted by molar-refractivity contribution is 5.75. The number of carbonyl (C=O) groups excluding carboxylic acids is 1. The second kappa shape index (κ2) is 4.28. The zero-order chi connectivity index (χ0) is 10.7. The molecule has 1 unspecified atom stereocenters. The van der Waals surface area contributed by atoms with E-state index in [2.05, 4.69) is 4.74 Å². The lowest BCUT2D eigenvalue weighted by Crippen LogP contribution is -2.56. The summed E-state index contributed by atoms with van der Waals surface area (Å²) >= 11 is 0. The summed E-state index contributed by atoms with van der Waals surface area (Å²) in [5.41, 5.74) is 0. The molecule has 0 aromatic heterocycles. The van der Waals surface area contributed by atoms with Crippen molar-refractivity contribution in [3.63, 3.8) is 0 Å². The molecule has 1 saturated heterocycles. The third-order valence-electron chi connectivity index (χ3n) is 2.37. The molecule has 0 aromatic rings. The third kappa shape index (κ3) is 2.14. The summed E-state index contributed by atoms with van der Waals surface area (Å²) in [6.07, 6.45) is -0.468. The van der Waals surface area contributed by atoms with Crippen molar-refractivity contribution < 1.29 is 19.4 Å². The van der Waals surface area contributed by atoms with Crippen molar-refractivity contribution in [1.29, 1.82) is 0 Å². The fourth-order valence-corrected chi connectivity index (χ4v) is 1.44. The largest absolute Gasteiger partial charge is 0.480 e. The molecule has 0 radical (unpaired) electrons. The Labute approximate surface area is 82.0 Å². The van der Waals surface area contributed by atoms with Crippen LogP contribution in [0.3, 0.4) is 0 Å². The fourth-order valence-electron chi connectivity index (χ4n) is 1.44. The molecule has 1 amide bonds. The normalized spacial score (nSPS) is 23.3. The number of rotatable bonds is 1. The van der Waals surface area contributed by atoms with Crippen LogP contribution in [0, 0.1) is 0 Å². The zero-order valence-electron chi connectivity index (χ0n) is 8.27. The number of hydrogen-bond donors (Lipinski definition) is 1. The maximum absolute atomic E-state index is 11.1. The topological polar surface area (TPSA) is 70.1 Å². The summed E-state index contributed by atoms with van der Waals surface area (Å²) in [7, 11) is 3.02. The van der Waals surface area contributed by atoms with Gasteiger partial charge < -0.3 is 14.7 Å². The summed E-state index contributed by atoms with van der Waals surface area (Å²) in [4.78, 5) is 25.0. The van der Waals surface area contributed by atoms with Crippen LogP contribution in [0.4, 0.5) is 4.79 Å². The monoisotopic (exact) mass is 202 g/mol. The van der Waals surface area contributed by atoms with E-state index in [0.717, 1.165) is 0 Å². The Balaban J connectivity index is 2.62. The van der Waals surface area contributed by atoms with Gasteiger partial charge in [0.2, 0.25) is 0 Å². The lowest BCUT2D eigenvalue weighted by Gasteiger charge is -2.36. The number of methoxy groups -OCH3 is 1. The summed E-state index contributed by atoms with van der Waals surface area (Å²) in [6, 6.07) is -0.636. The summed E-state index contributed by atoms with van der Waals surface area (Å²) in [6.45, 7) is 1.23. The molecule has 0 saturated carbocycles. The molecular formula is C8H14N2O4. The van der Waals surface area contributed by atoms with Crippen LogP contribution in [0.5, 0.6) is 0 Å². The Bertz CT molecular complexity index is 243. The second-order valence-corrected chi connectivity index (χ2v) is 3.25. The molecule has 1 heterocycles. The van der Waals surface area contributed by atoms with Crippen molar-refractivity contribution in [3.8, 4) is 0 Å². The average Bonchev–Trinajstić information content (AvgIpc) is 2.17. The zero-order valence-corrected chi connectivity index (χ0v) is 8.27. The SMILES string of the molecule is COC(=O)N1CCN(C)C(C(=O)O)C1. The highest BCUT2D eigenvalue weighted by Crippen LogP contribution is 2.08. The molecule has 1 fully saturated rings. The van der Waals surface area contributed by atoms with E-state index in [-0.39, 0.29) is 6.54 Å². The van der Waals surface area contributed by atoms with Crippen molar-refractivity contribution in [1.82, 2.24) is 9.80 Å². The van der Waals surface area contributed by atoms with Crippen LogP contribution in [0.1, 0.15) is 0 Å². The van der Waals surface area contributed by atoms with Crippen LogP contribution in [0.2, 0.25) is 0 Å².